The highest BCUT2D eigenvalue weighted by atomic mass is 35.5. The molecule has 0 unspecified atom stereocenters. The third-order valence-electron chi connectivity index (χ3n) is 3.57. The van der Waals surface area contributed by atoms with E-state index in [1.165, 1.54) is 12.1 Å². The van der Waals surface area contributed by atoms with Gasteiger partial charge in [-0.25, -0.2) is 0 Å². The Kier molecular flexibility index (Phi) is 5.67. The van der Waals surface area contributed by atoms with Crippen molar-refractivity contribution in [2.45, 2.75) is 18.6 Å². The van der Waals surface area contributed by atoms with E-state index in [1.54, 1.807) is 17.9 Å². The van der Waals surface area contributed by atoms with E-state index in [-0.39, 0.29) is 10.6 Å². The SMILES string of the molecule is Cn1nccc1CCN[C@@H](CO)c1ccc(Cl)cc1C(F)(F)F. The maximum atomic E-state index is 13.1. The first kappa shape index (κ1) is 17.8. The van der Waals surface area contributed by atoms with E-state index in [1.807, 2.05) is 6.07 Å². The Balaban J connectivity index is 2.13. The van der Waals surface area contributed by atoms with E-state index in [4.69, 9.17) is 11.6 Å². The predicted octanol–water partition coefficient (Wildman–Crippen LogP) is 2.96. The van der Waals surface area contributed by atoms with Gasteiger partial charge in [0.2, 0.25) is 0 Å². The highest BCUT2D eigenvalue weighted by Gasteiger charge is 2.35. The van der Waals surface area contributed by atoms with E-state index >= 15 is 0 Å². The van der Waals surface area contributed by atoms with Gasteiger partial charge in [0.25, 0.3) is 0 Å². The van der Waals surface area contributed by atoms with Gasteiger partial charge < -0.3 is 10.4 Å². The van der Waals surface area contributed by atoms with Gasteiger partial charge in [0.05, 0.1) is 18.2 Å². The summed E-state index contributed by atoms with van der Waals surface area (Å²) in [7, 11) is 1.79. The van der Waals surface area contributed by atoms with Crippen LogP contribution in [0.1, 0.15) is 22.9 Å². The van der Waals surface area contributed by atoms with Gasteiger partial charge in [0.1, 0.15) is 0 Å². The Morgan fingerprint density at radius 3 is 2.65 bits per heavy atom. The summed E-state index contributed by atoms with van der Waals surface area (Å²) < 4.78 is 41.1. The molecule has 1 atom stereocenters. The molecule has 2 rings (SSSR count). The second-order valence-corrected chi connectivity index (χ2v) is 5.55. The summed E-state index contributed by atoms with van der Waals surface area (Å²) in [4.78, 5) is 0. The summed E-state index contributed by atoms with van der Waals surface area (Å²) in [6, 6.07) is 4.57. The van der Waals surface area contributed by atoms with Crippen molar-refractivity contribution in [3.63, 3.8) is 0 Å². The van der Waals surface area contributed by atoms with E-state index in [2.05, 4.69) is 10.4 Å². The van der Waals surface area contributed by atoms with Crippen molar-refractivity contribution in [3.8, 4) is 0 Å². The van der Waals surface area contributed by atoms with Crippen LogP contribution in [0.4, 0.5) is 13.2 Å². The molecule has 0 aliphatic carbocycles. The molecule has 23 heavy (non-hydrogen) atoms. The van der Waals surface area contributed by atoms with Gasteiger partial charge in [-0.2, -0.15) is 18.3 Å². The minimum atomic E-state index is -4.53. The number of rotatable bonds is 6. The lowest BCUT2D eigenvalue weighted by Gasteiger charge is -2.21. The van der Waals surface area contributed by atoms with Crippen molar-refractivity contribution in [2.24, 2.45) is 7.05 Å². The topological polar surface area (TPSA) is 50.1 Å². The van der Waals surface area contributed by atoms with Crippen LogP contribution in [-0.2, 0) is 19.6 Å². The maximum Gasteiger partial charge on any atom is 0.416 e. The highest BCUT2D eigenvalue weighted by Crippen LogP contribution is 2.36. The predicted molar refractivity (Wildman–Crippen MR) is 81.2 cm³/mol. The number of benzene rings is 1. The molecule has 0 radical (unpaired) electrons. The number of aliphatic hydroxyl groups excluding tert-OH is 1. The zero-order valence-electron chi connectivity index (χ0n) is 12.4. The van der Waals surface area contributed by atoms with Crippen LogP contribution in [-0.4, -0.2) is 28.0 Å². The lowest BCUT2D eigenvalue weighted by atomic mass is 10.00. The van der Waals surface area contributed by atoms with Gasteiger partial charge >= 0.3 is 6.18 Å². The summed E-state index contributed by atoms with van der Waals surface area (Å²) in [6.07, 6.45) is -2.29. The molecule has 4 nitrogen and oxygen atoms in total. The number of hydrogen-bond donors (Lipinski definition) is 2. The molecule has 0 amide bonds. The van der Waals surface area contributed by atoms with Crippen molar-refractivity contribution >= 4 is 11.6 Å². The van der Waals surface area contributed by atoms with Crippen LogP contribution in [0, 0.1) is 0 Å². The average Bonchev–Trinajstić information content (AvgIpc) is 2.88. The third-order valence-corrected chi connectivity index (χ3v) is 3.81. The number of nitrogens with one attached hydrogen (secondary N) is 1. The first-order valence-electron chi connectivity index (χ1n) is 7.00. The smallest absolute Gasteiger partial charge is 0.394 e. The van der Waals surface area contributed by atoms with Crippen LogP contribution in [0.3, 0.4) is 0 Å². The zero-order valence-corrected chi connectivity index (χ0v) is 13.2. The van der Waals surface area contributed by atoms with E-state index in [0.29, 0.717) is 13.0 Å². The largest absolute Gasteiger partial charge is 0.416 e. The van der Waals surface area contributed by atoms with Crippen LogP contribution in [0.25, 0.3) is 0 Å². The number of aryl methyl sites for hydroxylation is 1. The van der Waals surface area contributed by atoms with Crippen molar-refractivity contribution < 1.29 is 18.3 Å². The fraction of sp³-hybridized carbons (Fsp3) is 0.400. The molecule has 0 saturated carbocycles. The molecule has 2 aromatic rings. The van der Waals surface area contributed by atoms with Gasteiger partial charge in [0, 0.05) is 36.9 Å². The number of aromatic nitrogens is 2. The molecule has 126 valence electrons. The fourth-order valence-electron chi connectivity index (χ4n) is 2.37. The number of hydrogen-bond acceptors (Lipinski definition) is 3. The molecule has 0 aliphatic rings. The first-order chi connectivity index (χ1) is 10.8. The van der Waals surface area contributed by atoms with Gasteiger partial charge in [0.15, 0.2) is 0 Å². The lowest BCUT2D eigenvalue weighted by Crippen LogP contribution is -2.29. The monoisotopic (exact) mass is 347 g/mol. The Morgan fingerprint density at radius 1 is 1.35 bits per heavy atom. The van der Waals surface area contributed by atoms with Crippen LogP contribution >= 0.6 is 11.6 Å². The molecule has 2 N–H and O–H groups in total. The standard InChI is InChI=1S/C15H17ClF3N3O/c1-22-11(5-7-21-22)4-6-20-14(9-23)12-3-2-10(16)8-13(12)15(17,18)19/h2-3,5,7-8,14,20,23H,4,6,9H2,1H3/t14-/m0/s1. The summed E-state index contributed by atoms with van der Waals surface area (Å²) in [6.45, 7) is -0.0409. The quantitative estimate of drug-likeness (QED) is 0.844. The molecule has 1 heterocycles. The van der Waals surface area contributed by atoms with Crippen molar-refractivity contribution in [1.82, 2.24) is 15.1 Å². The minimum Gasteiger partial charge on any atom is -0.394 e. The molecule has 0 bridgehead atoms. The van der Waals surface area contributed by atoms with Gasteiger partial charge in [-0.05, 0) is 23.8 Å². The van der Waals surface area contributed by atoms with E-state index in [9.17, 15) is 18.3 Å². The molecular weight excluding hydrogens is 331 g/mol. The van der Waals surface area contributed by atoms with Gasteiger partial charge in [-0.15, -0.1) is 0 Å². The zero-order chi connectivity index (χ0) is 17.0. The van der Waals surface area contributed by atoms with Crippen molar-refractivity contribution in [2.75, 3.05) is 13.2 Å². The summed E-state index contributed by atoms with van der Waals surface area (Å²) in [5.41, 5.74) is 0.0906. The summed E-state index contributed by atoms with van der Waals surface area (Å²) in [5, 5.41) is 16.5. The molecule has 0 spiro atoms. The second-order valence-electron chi connectivity index (χ2n) is 5.11. The minimum absolute atomic E-state index is 0.00708. The summed E-state index contributed by atoms with van der Waals surface area (Å²) in [5.74, 6) is 0. The molecule has 0 fully saturated rings. The van der Waals surface area contributed by atoms with E-state index in [0.717, 1.165) is 11.8 Å². The molecular formula is C15H17ClF3N3O. The number of aliphatic hydroxyl groups is 1. The van der Waals surface area contributed by atoms with E-state index < -0.39 is 24.4 Å². The van der Waals surface area contributed by atoms with Crippen molar-refractivity contribution in [1.29, 1.82) is 0 Å². The fourth-order valence-corrected chi connectivity index (χ4v) is 2.54. The van der Waals surface area contributed by atoms with Crippen LogP contribution in [0.5, 0.6) is 0 Å². The molecule has 0 aliphatic heterocycles. The molecule has 1 aromatic heterocycles. The number of alkyl halides is 3. The van der Waals surface area contributed by atoms with Gasteiger partial charge in [-0.1, -0.05) is 17.7 Å². The molecule has 1 aromatic carbocycles. The Morgan fingerprint density at radius 2 is 2.09 bits per heavy atom. The Hall–Kier alpha value is -1.57. The highest BCUT2D eigenvalue weighted by molar-refractivity contribution is 6.30. The number of nitrogens with zero attached hydrogens (tertiary/aromatic N) is 2. The van der Waals surface area contributed by atoms with Gasteiger partial charge in [-0.3, -0.25) is 4.68 Å². The second kappa shape index (κ2) is 7.33. The third kappa shape index (κ3) is 4.46. The lowest BCUT2D eigenvalue weighted by molar-refractivity contribution is -0.138. The normalized spacial score (nSPS) is 13.3. The first-order valence-corrected chi connectivity index (χ1v) is 7.38. The number of halogens is 4. The Bertz CT molecular complexity index is 658. The summed E-state index contributed by atoms with van der Waals surface area (Å²) >= 11 is 5.67. The van der Waals surface area contributed by atoms with Crippen molar-refractivity contribution in [3.05, 3.63) is 52.3 Å². The Labute approximate surface area is 136 Å². The van der Waals surface area contributed by atoms with Crippen LogP contribution in [0.15, 0.2) is 30.5 Å². The molecule has 8 heteroatoms. The average molecular weight is 348 g/mol. The van der Waals surface area contributed by atoms with Crippen LogP contribution < -0.4 is 5.32 Å². The molecule has 0 saturated heterocycles. The maximum absolute atomic E-state index is 13.1. The van der Waals surface area contributed by atoms with Crippen LogP contribution in [0.2, 0.25) is 5.02 Å².